The minimum absolute atomic E-state index is 0.206. The molecule has 0 heterocycles. The fraction of sp³-hybridized carbons (Fsp3) is 0.368. The summed E-state index contributed by atoms with van der Waals surface area (Å²) in [6.45, 7) is 2.13. The van der Waals surface area contributed by atoms with Gasteiger partial charge in [0.1, 0.15) is 0 Å². The molecule has 1 atom stereocenters. The maximum atomic E-state index is 6.84. The van der Waals surface area contributed by atoms with Gasteiger partial charge in [-0.2, -0.15) is 0 Å². The topological polar surface area (TPSA) is 26.0 Å². The van der Waals surface area contributed by atoms with E-state index in [-0.39, 0.29) is 5.54 Å². The molecule has 2 N–H and O–H groups in total. The quantitative estimate of drug-likeness (QED) is 0.812. The summed E-state index contributed by atoms with van der Waals surface area (Å²) >= 11 is 0. The summed E-state index contributed by atoms with van der Waals surface area (Å²) in [5.74, 6) is 0. The molecule has 104 valence electrons. The van der Waals surface area contributed by atoms with Crippen LogP contribution in [-0.4, -0.2) is 0 Å². The predicted octanol–water partition coefficient (Wildman–Crippen LogP) is 4.12. The Hall–Kier alpha value is -1.60. The van der Waals surface area contributed by atoms with Crippen LogP contribution in [0.25, 0.3) is 0 Å². The SMILES string of the molecule is Cc1ccc(CC2(N)CCCCc3ccccc32)cc1. The molecule has 0 amide bonds. The highest BCUT2D eigenvalue weighted by Crippen LogP contribution is 2.34. The summed E-state index contributed by atoms with van der Waals surface area (Å²) in [4.78, 5) is 0. The monoisotopic (exact) mass is 265 g/mol. The van der Waals surface area contributed by atoms with Crippen molar-refractivity contribution in [2.24, 2.45) is 5.73 Å². The first-order valence-corrected chi connectivity index (χ1v) is 7.60. The van der Waals surface area contributed by atoms with Crippen molar-refractivity contribution in [2.45, 2.75) is 44.6 Å². The fourth-order valence-electron chi connectivity index (χ4n) is 3.37. The molecule has 1 nitrogen and oxygen atoms in total. The Labute approximate surface area is 121 Å². The molecular weight excluding hydrogens is 242 g/mol. The molecule has 1 unspecified atom stereocenters. The van der Waals surface area contributed by atoms with Crippen LogP contribution in [0.15, 0.2) is 48.5 Å². The maximum absolute atomic E-state index is 6.84. The van der Waals surface area contributed by atoms with Crippen LogP contribution in [0.4, 0.5) is 0 Å². The van der Waals surface area contributed by atoms with Gasteiger partial charge < -0.3 is 5.73 Å². The van der Waals surface area contributed by atoms with Gasteiger partial charge in [-0.15, -0.1) is 0 Å². The average molecular weight is 265 g/mol. The first kappa shape index (κ1) is 13.4. The van der Waals surface area contributed by atoms with Crippen molar-refractivity contribution in [3.8, 4) is 0 Å². The van der Waals surface area contributed by atoms with E-state index in [0.717, 1.165) is 12.8 Å². The lowest BCUT2D eigenvalue weighted by atomic mass is 9.80. The molecule has 0 aromatic heterocycles. The Morgan fingerprint density at radius 1 is 1.00 bits per heavy atom. The van der Waals surface area contributed by atoms with E-state index in [1.807, 2.05) is 0 Å². The van der Waals surface area contributed by atoms with Crippen LogP contribution in [-0.2, 0) is 18.4 Å². The number of aryl methyl sites for hydroxylation is 2. The third-order valence-electron chi connectivity index (χ3n) is 4.51. The molecular formula is C19H23N. The van der Waals surface area contributed by atoms with E-state index in [9.17, 15) is 0 Å². The van der Waals surface area contributed by atoms with E-state index in [1.54, 1.807) is 0 Å². The van der Waals surface area contributed by atoms with E-state index in [1.165, 1.54) is 41.5 Å². The molecule has 0 saturated carbocycles. The Balaban J connectivity index is 1.96. The molecule has 1 aliphatic carbocycles. The molecule has 0 radical (unpaired) electrons. The second kappa shape index (κ2) is 5.41. The lowest BCUT2D eigenvalue weighted by molar-refractivity contribution is 0.398. The van der Waals surface area contributed by atoms with E-state index < -0.39 is 0 Å². The van der Waals surface area contributed by atoms with Crippen LogP contribution < -0.4 is 5.73 Å². The Morgan fingerprint density at radius 3 is 2.55 bits per heavy atom. The molecule has 1 heteroatoms. The highest BCUT2D eigenvalue weighted by molar-refractivity contribution is 5.37. The third-order valence-corrected chi connectivity index (χ3v) is 4.51. The third kappa shape index (κ3) is 2.64. The Morgan fingerprint density at radius 2 is 1.75 bits per heavy atom. The molecule has 0 bridgehead atoms. The van der Waals surface area contributed by atoms with Gasteiger partial charge in [0.15, 0.2) is 0 Å². The van der Waals surface area contributed by atoms with Gasteiger partial charge in [-0.25, -0.2) is 0 Å². The Kier molecular flexibility index (Phi) is 3.62. The van der Waals surface area contributed by atoms with Gasteiger partial charge in [0.25, 0.3) is 0 Å². The van der Waals surface area contributed by atoms with Crippen molar-refractivity contribution in [3.05, 3.63) is 70.8 Å². The number of benzene rings is 2. The van der Waals surface area contributed by atoms with Crippen LogP contribution >= 0.6 is 0 Å². The van der Waals surface area contributed by atoms with Gasteiger partial charge in [0.2, 0.25) is 0 Å². The number of hydrogen-bond donors (Lipinski definition) is 1. The summed E-state index contributed by atoms with van der Waals surface area (Å²) in [5.41, 5.74) is 12.1. The minimum Gasteiger partial charge on any atom is -0.321 e. The molecule has 0 spiro atoms. The van der Waals surface area contributed by atoms with E-state index in [2.05, 4.69) is 55.5 Å². The normalized spacial score (nSPS) is 22.1. The summed E-state index contributed by atoms with van der Waals surface area (Å²) in [5, 5.41) is 0. The predicted molar refractivity (Wildman–Crippen MR) is 84.7 cm³/mol. The molecule has 2 aromatic carbocycles. The van der Waals surface area contributed by atoms with Gasteiger partial charge in [-0.05, 0) is 49.3 Å². The molecule has 20 heavy (non-hydrogen) atoms. The second-order valence-corrected chi connectivity index (χ2v) is 6.18. The first-order valence-electron chi connectivity index (χ1n) is 7.60. The molecule has 0 saturated heterocycles. The van der Waals surface area contributed by atoms with E-state index in [0.29, 0.717) is 0 Å². The second-order valence-electron chi connectivity index (χ2n) is 6.18. The zero-order valence-corrected chi connectivity index (χ0v) is 12.2. The van der Waals surface area contributed by atoms with Gasteiger partial charge in [-0.3, -0.25) is 0 Å². The standard InChI is InChI=1S/C19H23N/c1-15-9-11-16(12-10-15)14-19(20)13-5-4-7-17-6-2-3-8-18(17)19/h2-3,6,8-12H,4-5,7,13-14,20H2,1H3. The van der Waals surface area contributed by atoms with Crippen molar-refractivity contribution in [2.75, 3.05) is 0 Å². The van der Waals surface area contributed by atoms with Crippen molar-refractivity contribution < 1.29 is 0 Å². The van der Waals surface area contributed by atoms with Crippen LogP contribution in [0, 0.1) is 6.92 Å². The number of rotatable bonds is 2. The largest absolute Gasteiger partial charge is 0.321 e. The Bertz CT molecular complexity index is 585. The minimum atomic E-state index is -0.206. The zero-order chi connectivity index (χ0) is 14.0. The molecule has 0 fully saturated rings. The summed E-state index contributed by atoms with van der Waals surface area (Å²) in [7, 11) is 0. The molecule has 3 rings (SSSR count). The van der Waals surface area contributed by atoms with Crippen molar-refractivity contribution in [3.63, 3.8) is 0 Å². The van der Waals surface area contributed by atoms with E-state index >= 15 is 0 Å². The van der Waals surface area contributed by atoms with Gasteiger partial charge in [0, 0.05) is 5.54 Å². The van der Waals surface area contributed by atoms with Crippen molar-refractivity contribution in [1.29, 1.82) is 0 Å². The summed E-state index contributed by atoms with van der Waals surface area (Å²) in [6, 6.07) is 17.5. The smallest absolute Gasteiger partial charge is 0.0453 e. The maximum Gasteiger partial charge on any atom is 0.0453 e. The highest BCUT2D eigenvalue weighted by atomic mass is 14.7. The van der Waals surface area contributed by atoms with Crippen molar-refractivity contribution in [1.82, 2.24) is 0 Å². The van der Waals surface area contributed by atoms with Crippen LogP contribution in [0.3, 0.4) is 0 Å². The lowest BCUT2D eigenvalue weighted by Crippen LogP contribution is -2.39. The number of fused-ring (bicyclic) bond motifs is 1. The fourth-order valence-corrected chi connectivity index (χ4v) is 3.37. The summed E-state index contributed by atoms with van der Waals surface area (Å²) < 4.78 is 0. The molecule has 2 aromatic rings. The van der Waals surface area contributed by atoms with Crippen molar-refractivity contribution >= 4 is 0 Å². The van der Waals surface area contributed by atoms with Gasteiger partial charge in [0.05, 0.1) is 0 Å². The van der Waals surface area contributed by atoms with Crippen LogP contribution in [0.5, 0.6) is 0 Å². The van der Waals surface area contributed by atoms with Gasteiger partial charge >= 0.3 is 0 Å². The van der Waals surface area contributed by atoms with Gasteiger partial charge in [-0.1, -0.05) is 60.5 Å². The summed E-state index contributed by atoms with van der Waals surface area (Å²) in [6.07, 6.45) is 5.66. The molecule has 1 aliphatic rings. The first-order chi connectivity index (χ1) is 9.67. The average Bonchev–Trinajstić information content (AvgIpc) is 2.62. The number of nitrogens with two attached hydrogens (primary N) is 1. The van der Waals surface area contributed by atoms with Crippen LogP contribution in [0.1, 0.15) is 41.5 Å². The van der Waals surface area contributed by atoms with Crippen LogP contribution in [0.2, 0.25) is 0 Å². The zero-order valence-electron chi connectivity index (χ0n) is 12.2. The lowest BCUT2D eigenvalue weighted by Gasteiger charge is -2.30. The highest BCUT2D eigenvalue weighted by Gasteiger charge is 2.31. The number of hydrogen-bond acceptors (Lipinski definition) is 1. The van der Waals surface area contributed by atoms with E-state index in [4.69, 9.17) is 5.73 Å². The molecule has 0 aliphatic heterocycles.